The largest absolute Gasteiger partial charge is 0.304 e. The van der Waals surface area contributed by atoms with Gasteiger partial charge in [-0.2, -0.15) is 5.10 Å². The maximum atomic E-state index is 12.0. The molecule has 0 unspecified atom stereocenters. The second-order valence-corrected chi connectivity index (χ2v) is 5.06. The fourth-order valence-electron chi connectivity index (χ4n) is 2.19. The summed E-state index contributed by atoms with van der Waals surface area (Å²) in [4.78, 5) is 16.0. The van der Waals surface area contributed by atoms with E-state index in [2.05, 4.69) is 40.5 Å². The summed E-state index contributed by atoms with van der Waals surface area (Å²) < 4.78 is 1.79. The van der Waals surface area contributed by atoms with Crippen LogP contribution in [0.1, 0.15) is 21.6 Å². The number of anilines is 1. The lowest BCUT2D eigenvalue weighted by Gasteiger charge is -2.03. The summed E-state index contributed by atoms with van der Waals surface area (Å²) in [5, 5.41) is 7.10. The van der Waals surface area contributed by atoms with Crippen LogP contribution in [0.3, 0.4) is 0 Å². The Labute approximate surface area is 128 Å². The Morgan fingerprint density at radius 2 is 2.09 bits per heavy atom. The van der Waals surface area contributed by atoms with Crippen molar-refractivity contribution in [2.24, 2.45) is 0 Å². The molecule has 0 bridgehead atoms. The van der Waals surface area contributed by atoms with Crippen LogP contribution in [0.4, 0.5) is 5.82 Å². The summed E-state index contributed by atoms with van der Waals surface area (Å²) in [6, 6.07) is 15.2. The molecule has 1 N–H and O–H groups in total. The number of pyridine rings is 1. The number of carbonyl (C=O) groups is 1. The first-order valence-electron chi connectivity index (χ1n) is 7.02. The second-order valence-electron chi connectivity index (χ2n) is 5.06. The van der Waals surface area contributed by atoms with Crippen LogP contribution in [-0.4, -0.2) is 20.7 Å². The predicted octanol–water partition coefficient (Wildman–Crippen LogP) is 2.89. The van der Waals surface area contributed by atoms with Gasteiger partial charge >= 0.3 is 0 Å². The molecule has 0 aliphatic carbocycles. The third-order valence-electron chi connectivity index (χ3n) is 3.21. The van der Waals surface area contributed by atoms with Crippen molar-refractivity contribution >= 4 is 11.7 Å². The Bertz CT molecular complexity index is 780. The van der Waals surface area contributed by atoms with E-state index >= 15 is 0 Å². The van der Waals surface area contributed by atoms with Gasteiger partial charge in [0.1, 0.15) is 5.69 Å². The molecular weight excluding hydrogens is 276 g/mol. The highest BCUT2D eigenvalue weighted by atomic mass is 16.1. The van der Waals surface area contributed by atoms with Crippen LogP contribution in [0.25, 0.3) is 0 Å². The molecule has 5 nitrogen and oxygen atoms in total. The van der Waals surface area contributed by atoms with Gasteiger partial charge in [0.15, 0.2) is 5.82 Å². The molecule has 2 heterocycles. The van der Waals surface area contributed by atoms with Crippen molar-refractivity contribution in [1.82, 2.24) is 14.8 Å². The third-order valence-corrected chi connectivity index (χ3v) is 3.21. The highest BCUT2D eigenvalue weighted by molar-refractivity contribution is 6.02. The van der Waals surface area contributed by atoms with Gasteiger partial charge < -0.3 is 5.32 Å². The van der Waals surface area contributed by atoms with Crippen molar-refractivity contribution in [3.63, 3.8) is 0 Å². The average Bonchev–Trinajstić information content (AvgIpc) is 2.95. The van der Waals surface area contributed by atoms with Gasteiger partial charge in [0.25, 0.3) is 5.91 Å². The van der Waals surface area contributed by atoms with E-state index < -0.39 is 0 Å². The van der Waals surface area contributed by atoms with E-state index in [0.717, 1.165) is 0 Å². The SMILES string of the molecule is Cc1cccc(Cn2ccc(NC(=O)c3ccccn3)n2)c1. The Balaban J connectivity index is 1.68. The molecular formula is C17H16N4O. The molecule has 1 amide bonds. The summed E-state index contributed by atoms with van der Waals surface area (Å²) >= 11 is 0. The number of benzene rings is 1. The zero-order valence-corrected chi connectivity index (χ0v) is 12.2. The van der Waals surface area contributed by atoms with Crippen LogP contribution in [0.2, 0.25) is 0 Å². The van der Waals surface area contributed by atoms with E-state index in [9.17, 15) is 4.79 Å². The zero-order chi connectivity index (χ0) is 15.4. The van der Waals surface area contributed by atoms with Crippen molar-refractivity contribution in [1.29, 1.82) is 0 Å². The summed E-state index contributed by atoms with van der Waals surface area (Å²) in [7, 11) is 0. The minimum Gasteiger partial charge on any atom is -0.304 e. The van der Waals surface area contributed by atoms with Gasteiger partial charge in [0.2, 0.25) is 0 Å². The van der Waals surface area contributed by atoms with E-state index in [1.165, 1.54) is 11.1 Å². The minimum atomic E-state index is -0.263. The fourth-order valence-corrected chi connectivity index (χ4v) is 2.19. The maximum absolute atomic E-state index is 12.0. The lowest BCUT2D eigenvalue weighted by molar-refractivity contribution is 0.102. The van der Waals surface area contributed by atoms with Crippen LogP contribution in [0.5, 0.6) is 0 Å². The van der Waals surface area contributed by atoms with Gasteiger partial charge in [-0.1, -0.05) is 35.9 Å². The predicted molar refractivity (Wildman–Crippen MR) is 84.7 cm³/mol. The van der Waals surface area contributed by atoms with Crippen molar-refractivity contribution in [2.75, 3.05) is 5.32 Å². The van der Waals surface area contributed by atoms with Gasteiger partial charge in [-0.15, -0.1) is 0 Å². The highest BCUT2D eigenvalue weighted by Gasteiger charge is 2.08. The molecule has 0 aliphatic heterocycles. The van der Waals surface area contributed by atoms with Crippen molar-refractivity contribution in [3.05, 3.63) is 77.7 Å². The van der Waals surface area contributed by atoms with Gasteiger partial charge in [-0.05, 0) is 24.6 Å². The Hall–Kier alpha value is -2.95. The highest BCUT2D eigenvalue weighted by Crippen LogP contribution is 2.09. The van der Waals surface area contributed by atoms with Gasteiger partial charge in [0, 0.05) is 18.5 Å². The van der Waals surface area contributed by atoms with E-state index in [1.807, 2.05) is 12.3 Å². The molecule has 5 heteroatoms. The molecule has 0 saturated carbocycles. The molecule has 22 heavy (non-hydrogen) atoms. The number of nitrogens with one attached hydrogen (secondary N) is 1. The quantitative estimate of drug-likeness (QED) is 0.804. The average molecular weight is 292 g/mol. The molecule has 0 saturated heterocycles. The molecule has 0 spiro atoms. The van der Waals surface area contributed by atoms with Gasteiger partial charge in [-0.25, -0.2) is 0 Å². The van der Waals surface area contributed by atoms with Crippen LogP contribution in [0, 0.1) is 6.92 Å². The second kappa shape index (κ2) is 6.22. The molecule has 2 aromatic heterocycles. The normalized spacial score (nSPS) is 10.4. The van der Waals surface area contributed by atoms with E-state index in [4.69, 9.17) is 0 Å². The zero-order valence-electron chi connectivity index (χ0n) is 12.2. The summed E-state index contributed by atoms with van der Waals surface area (Å²) in [5.74, 6) is 0.254. The molecule has 0 radical (unpaired) electrons. The van der Waals surface area contributed by atoms with Crippen LogP contribution >= 0.6 is 0 Å². The number of hydrogen-bond donors (Lipinski definition) is 1. The van der Waals surface area contributed by atoms with Gasteiger partial charge in [0.05, 0.1) is 6.54 Å². The molecule has 3 aromatic rings. The topological polar surface area (TPSA) is 59.8 Å². The minimum absolute atomic E-state index is 0.263. The smallest absolute Gasteiger partial charge is 0.275 e. The molecule has 110 valence electrons. The molecule has 3 rings (SSSR count). The first kappa shape index (κ1) is 14.0. The number of hydrogen-bond acceptors (Lipinski definition) is 3. The Morgan fingerprint density at radius 3 is 2.86 bits per heavy atom. The van der Waals surface area contributed by atoms with Gasteiger partial charge in [-0.3, -0.25) is 14.5 Å². The summed E-state index contributed by atoms with van der Waals surface area (Å²) in [6.45, 7) is 2.73. The lowest BCUT2D eigenvalue weighted by atomic mass is 10.1. The van der Waals surface area contributed by atoms with E-state index in [-0.39, 0.29) is 5.91 Å². The Kier molecular flexibility index (Phi) is 3.96. The molecule has 0 fully saturated rings. The van der Waals surface area contributed by atoms with Crippen LogP contribution in [-0.2, 0) is 6.54 Å². The number of aryl methyl sites for hydroxylation is 1. The van der Waals surface area contributed by atoms with Crippen molar-refractivity contribution in [2.45, 2.75) is 13.5 Å². The monoisotopic (exact) mass is 292 g/mol. The van der Waals surface area contributed by atoms with Crippen molar-refractivity contribution < 1.29 is 4.79 Å². The number of aromatic nitrogens is 3. The number of rotatable bonds is 4. The number of amides is 1. The third kappa shape index (κ3) is 3.38. The van der Waals surface area contributed by atoms with Crippen LogP contribution < -0.4 is 5.32 Å². The van der Waals surface area contributed by atoms with Crippen molar-refractivity contribution in [3.8, 4) is 0 Å². The standard InChI is InChI=1S/C17H16N4O/c1-13-5-4-6-14(11-13)12-21-10-8-16(20-21)19-17(22)15-7-2-3-9-18-15/h2-11H,12H2,1H3,(H,19,20,22). The van der Waals surface area contributed by atoms with Crippen LogP contribution in [0.15, 0.2) is 60.9 Å². The van der Waals surface area contributed by atoms with E-state index in [0.29, 0.717) is 18.1 Å². The summed E-state index contributed by atoms with van der Waals surface area (Å²) in [6.07, 6.45) is 3.43. The molecule has 0 atom stereocenters. The maximum Gasteiger partial charge on any atom is 0.275 e. The Morgan fingerprint density at radius 1 is 1.18 bits per heavy atom. The number of nitrogens with zero attached hydrogens (tertiary/aromatic N) is 3. The number of carbonyl (C=O) groups excluding carboxylic acids is 1. The lowest BCUT2D eigenvalue weighted by Crippen LogP contribution is -2.14. The first-order valence-corrected chi connectivity index (χ1v) is 7.02. The first-order chi connectivity index (χ1) is 10.7. The summed E-state index contributed by atoms with van der Waals surface area (Å²) in [5.41, 5.74) is 2.76. The molecule has 1 aromatic carbocycles. The fraction of sp³-hybridized carbons (Fsp3) is 0.118. The molecule has 0 aliphatic rings. The van der Waals surface area contributed by atoms with E-state index in [1.54, 1.807) is 35.1 Å².